The van der Waals surface area contributed by atoms with Gasteiger partial charge in [-0.15, -0.1) is 23.5 Å². The van der Waals surface area contributed by atoms with Gasteiger partial charge in [0.1, 0.15) is 0 Å². The molecule has 4 heteroatoms. The van der Waals surface area contributed by atoms with E-state index in [2.05, 4.69) is 6.58 Å². The van der Waals surface area contributed by atoms with Crippen molar-refractivity contribution in [3.05, 3.63) is 12.2 Å². The van der Waals surface area contributed by atoms with E-state index >= 15 is 0 Å². The van der Waals surface area contributed by atoms with Gasteiger partial charge < -0.3 is 0 Å². The van der Waals surface area contributed by atoms with Crippen molar-refractivity contribution < 1.29 is 4.79 Å². The molecule has 68 valence electrons. The van der Waals surface area contributed by atoms with Gasteiger partial charge in [0.2, 0.25) is 5.12 Å². The van der Waals surface area contributed by atoms with Crippen molar-refractivity contribution in [3.8, 4) is 0 Å². The van der Waals surface area contributed by atoms with Crippen LogP contribution in [0.4, 0.5) is 0 Å². The normalized spacial score (nSPS) is 22.6. The van der Waals surface area contributed by atoms with Crippen LogP contribution in [0.3, 0.4) is 0 Å². The maximum atomic E-state index is 11.1. The zero-order chi connectivity index (χ0) is 8.97. The first-order chi connectivity index (χ1) is 5.70. The second kappa shape index (κ2) is 5.25. The molecule has 1 atom stereocenters. The minimum atomic E-state index is 0.146. The van der Waals surface area contributed by atoms with Crippen LogP contribution in [-0.4, -0.2) is 27.0 Å². The van der Waals surface area contributed by atoms with Gasteiger partial charge in [-0.3, -0.25) is 4.79 Å². The molecule has 1 fully saturated rings. The first-order valence-corrected chi connectivity index (χ1v) is 6.91. The molecule has 0 aromatic carbocycles. The van der Waals surface area contributed by atoms with Crippen molar-refractivity contribution in [2.45, 2.75) is 12.2 Å². The smallest absolute Gasteiger partial charge is 0.214 e. The summed E-state index contributed by atoms with van der Waals surface area (Å²) in [6.07, 6.45) is 0. The van der Waals surface area contributed by atoms with Crippen LogP contribution in [0.15, 0.2) is 12.2 Å². The number of hydrogen-bond donors (Lipinski definition) is 0. The molecule has 0 bridgehead atoms. The summed E-state index contributed by atoms with van der Waals surface area (Å²) >= 11 is 5.32. The highest BCUT2D eigenvalue weighted by atomic mass is 32.2. The van der Waals surface area contributed by atoms with Gasteiger partial charge in [0, 0.05) is 21.8 Å². The van der Waals surface area contributed by atoms with Crippen molar-refractivity contribution >= 4 is 40.4 Å². The third-order valence-electron chi connectivity index (χ3n) is 1.44. The number of carbonyl (C=O) groups is 1. The lowest BCUT2D eigenvalue weighted by Crippen LogP contribution is -2.07. The van der Waals surface area contributed by atoms with E-state index in [9.17, 15) is 4.79 Å². The van der Waals surface area contributed by atoms with Gasteiger partial charge in [-0.25, -0.2) is 0 Å². The van der Waals surface area contributed by atoms with Crippen molar-refractivity contribution in [3.63, 3.8) is 0 Å². The Morgan fingerprint density at radius 3 is 3.00 bits per heavy atom. The highest BCUT2D eigenvalue weighted by Gasteiger charge is 2.17. The highest BCUT2D eigenvalue weighted by Crippen LogP contribution is 2.31. The summed E-state index contributed by atoms with van der Waals surface area (Å²) in [5.74, 6) is 2.14. The van der Waals surface area contributed by atoms with E-state index in [0.29, 0.717) is 10.8 Å². The maximum absolute atomic E-state index is 11.1. The molecule has 1 aliphatic heterocycles. The number of carbonyl (C=O) groups excluding carboxylic acids is 1. The molecule has 0 radical (unpaired) electrons. The van der Waals surface area contributed by atoms with E-state index in [0.717, 1.165) is 5.75 Å². The highest BCUT2D eigenvalue weighted by molar-refractivity contribution is 8.20. The van der Waals surface area contributed by atoms with Crippen molar-refractivity contribution in [2.24, 2.45) is 0 Å². The van der Waals surface area contributed by atoms with E-state index in [1.807, 2.05) is 23.5 Å². The zero-order valence-corrected chi connectivity index (χ0v) is 9.49. The molecule has 1 rings (SSSR count). The van der Waals surface area contributed by atoms with E-state index in [4.69, 9.17) is 0 Å². The van der Waals surface area contributed by atoms with Crippen LogP contribution in [0, 0.1) is 0 Å². The van der Waals surface area contributed by atoms with Gasteiger partial charge in [-0.1, -0.05) is 18.3 Å². The van der Waals surface area contributed by atoms with Gasteiger partial charge in [0.15, 0.2) is 0 Å². The summed E-state index contributed by atoms with van der Waals surface area (Å²) in [6.45, 7) is 5.39. The lowest BCUT2D eigenvalue weighted by Gasteiger charge is -2.05. The first-order valence-electron chi connectivity index (χ1n) is 3.72. The molecule has 1 unspecified atom stereocenters. The molecule has 0 aromatic rings. The molecule has 0 saturated carbocycles. The molecule has 0 N–H and O–H groups in total. The fourth-order valence-corrected chi connectivity index (χ4v) is 4.79. The molecule has 1 aliphatic rings. The Balaban J connectivity index is 2.16. The summed E-state index contributed by atoms with van der Waals surface area (Å²) in [6, 6.07) is 0. The SMILES string of the molecule is C=C(C)C(=O)SCC1CSCS1. The second-order valence-corrected chi connectivity index (χ2v) is 6.33. The lowest BCUT2D eigenvalue weighted by atomic mass is 10.4. The van der Waals surface area contributed by atoms with E-state index in [-0.39, 0.29) is 5.12 Å². The molecule has 1 saturated heterocycles. The Morgan fingerprint density at radius 2 is 2.50 bits per heavy atom. The van der Waals surface area contributed by atoms with Gasteiger partial charge in [-0.2, -0.15) is 0 Å². The monoisotopic (exact) mass is 220 g/mol. The average Bonchev–Trinajstić information content (AvgIpc) is 2.51. The predicted molar refractivity (Wildman–Crippen MR) is 61.0 cm³/mol. The van der Waals surface area contributed by atoms with E-state index in [1.165, 1.54) is 22.6 Å². The number of rotatable bonds is 3. The molecule has 1 heterocycles. The topological polar surface area (TPSA) is 17.1 Å². The molecule has 1 nitrogen and oxygen atoms in total. The Kier molecular flexibility index (Phi) is 4.61. The van der Waals surface area contributed by atoms with Gasteiger partial charge in [0.05, 0.1) is 0 Å². The number of thioether (sulfide) groups is 3. The van der Waals surface area contributed by atoms with Crippen LogP contribution in [0.5, 0.6) is 0 Å². The van der Waals surface area contributed by atoms with Gasteiger partial charge >= 0.3 is 0 Å². The summed E-state index contributed by atoms with van der Waals surface area (Å²) < 4.78 is 0. The largest absolute Gasteiger partial charge is 0.282 e. The Labute approximate surface area is 86.1 Å². The maximum Gasteiger partial charge on any atom is 0.214 e. The average molecular weight is 220 g/mol. The molecule has 0 amide bonds. The standard InChI is InChI=1S/C8H12OS3/c1-6(2)8(9)11-4-7-3-10-5-12-7/h7H,1,3-5H2,2H3. The Morgan fingerprint density at radius 1 is 1.75 bits per heavy atom. The quantitative estimate of drug-likeness (QED) is 0.680. The van der Waals surface area contributed by atoms with Crippen LogP contribution in [-0.2, 0) is 4.79 Å². The van der Waals surface area contributed by atoms with E-state index in [1.54, 1.807) is 6.92 Å². The Hall–Kier alpha value is 0.460. The molecule has 0 aromatic heterocycles. The van der Waals surface area contributed by atoms with E-state index < -0.39 is 0 Å². The summed E-state index contributed by atoms with van der Waals surface area (Å²) in [4.78, 5) is 11.1. The molecule has 12 heavy (non-hydrogen) atoms. The van der Waals surface area contributed by atoms with Crippen LogP contribution in [0.2, 0.25) is 0 Å². The third-order valence-corrected chi connectivity index (χ3v) is 5.70. The summed E-state index contributed by atoms with van der Waals surface area (Å²) in [5, 5.41) is 2.00. The van der Waals surface area contributed by atoms with Crippen LogP contribution in [0.1, 0.15) is 6.92 Å². The van der Waals surface area contributed by atoms with Crippen molar-refractivity contribution in [2.75, 3.05) is 16.6 Å². The van der Waals surface area contributed by atoms with Crippen LogP contribution < -0.4 is 0 Å². The number of hydrogen-bond acceptors (Lipinski definition) is 4. The van der Waals surface area contributed by atoms with Crippen LogP contribution in [0.25, 0.3) is 0 Å². The minimum absolute atomic E-state index is 0.146. The van der Waals surface area contributed by atoms with Crippen molar-refractivity contribution in [1.29, 1.82) is 0 Å². The van der Waals surface area contributed by atoms with Gasteiger partial charge in [0.25, 0.3) is 0 Å². The fraction of sp³-hybridized carbons (Fsp3) is 0.625. The van der Waals surface area contributed by atoms with Crippen LogP contribution >= 0.6 is 35.3 Å². The molecular formula is C8H12OS3. The molecule has 0 aliphatic carbocycles. The fourth-order valence-electron chi connectivity index (χ4n) is 0.760. The first kappa shape index (κ1) is 10.5. The second-order valence-electron chi connectivity index (χ2n) is 2.66. The zero-order valence-electron chi connectivity index (χ0n) is 7.04. The Bertz CT molecular complexity index is 185. The molecular weight excluding hydrogens is 208 g/mol. The molecule has 0 spiro atoms. The third kappa shape index (κ3) is 3.46. The predicted octanol–water partition coefficient (Wildman–Crippen LogP) is 2.63. The summed E-state index contributed by atoms with van der Waals surface area (Å²) in [5.41, 5.74) is 0.663. The van der Waals surface area contributed by atoms with Crippen molar-refractivity contribution in [1.82, 2.24) is 0 Å². The minimum Gasteiger partial charge on any atom is -0.282 e. The lowest BCUT2D eigenvalue weighted by molar-refractivity contribution is -0.107. The summed E-state index contributed by atoms with van der Waals surface area (Å²) in [7, 11) is 0. The van der Waals surface area contributed by atoms with Gasteiger partial charge in [-0.05, 0) is 12.5 Å².